The Morgan fingerprint density at radius 3 is 2.33 bits per heavy atom. The van der Waals surface area contributed by atoms with Gasteiger partial charge in [0.25, 0.3) is 6.01 Å². The zero-order valence-electron chi connectivity index (χ0n) is 18.9. The van der Waals surface area contributed by atoms with Crippen molar-refractivity contribution < 1.29 is 18.3 Å². The van der Waals surface area contributed by atoms with Gasteiger partial charge in [-0.05, 0) is 56.5 Å². The molecule has 1 saturated heterocycles. The molecule has 2 heterocycles. The minimum absolute atomic E-state index is 0.246. The molecule has 0 aliphatic carbocycles. The fraction of sp³-hybridized carbons (Fsp3) is 0.400. The number of hydrogen-bond acceptors (Lipinski definition) is 6. The Morgan fingerprint density at radius 1 is 1.09 bits per heavy atom. The third-order valence-electron chi connectivity index (χ3n) is 5.63. The molecule has 33 heavy (non-hydrogen) atoms. The van der Waals surface area contributed by atoms with Gasteiger partial charge in [-0.1, -0.05) is 23.7 Å². The lowest BCUT2D eigenvalue weighted by Gasteiger charge is -2.32. The Bertz CT molecular complexity index is 1020. The Labute approximate surface area is 198 Å². The molecule has 0 amide bonds. The average molecular weight is 474 g/mol. The summed E-state index contributed by atoms with van der Waals surface area (Å²) in [7, 11) is 0. The second kappa shape index (κ2) is 10.9. The summed E-state index contributed by atoms with van der Waals surface area (Å²) in [4.78, 5) is 6.91. The molecule has 1 aliphatic heterocycles. The van der Waals surface area contributed by atoms with E-state index in [1.165, 1.54) is 0 Å². The van der Waals surface area contributed by atoms with Gasteiger partial charge >= 0.3 is 0 Å². The zero-order chi connectivity index (χ0) is 23.2. The van der Waals surface area contributed by atoms with Crippen molar-refractivity contribution in [1.29, 1.82) is 0 Å². The van der Waals surface area contributed by atoms with Crippen LogP contribution >= 0.6 is 11.6 Å². The number of aromatic nitrogens is 1. The highest BCUT2D eigenvalue weighted by atomic mass is 35.5. The van der Waals surface area contributed by atoms with Crippen LogP contribution in [0.1, 0.15) is 32.3 Å². The standard InChI is InChI=1S/C25H29ClFN3O3/c1-3-31-22-13-17(14-23(24(22)27)32-4-2)15-30-11-9-20(10-12-30)28-25-29-21(16-33-25)18-5-7-19(26)8-6-18/h5-8,13-14,16,20H,3-4,9-12,15H2,1-2H3,(H,28,29). The van der Waals surface area contributed by atoms with Crippen molar-refractivity contribution in [3.05, 3.63) is 59.1 Å². The first-order chi connectivity index (χ1) is 16.1. The highest BCUT2D eigenvalue weighted by Gasteiger charge is 2.22. The average Bonchev–Trinajstić information content (AvgIpc) is 3.27. The topological polar surface area (TPSA) is 59.8 Å². The van der Waals surface area contributed by atoms with Crippen LogP contribution in [0.15, 0.2) is 47.1 Å². The molecule has 1 fully saturated rings. The van der Waals surface area contributed by atoms with Gasteiger partial charge in [0.05, 0.1) is 13.2 Å². The number of anilines is 1. The predicted molar refractivity (Wildman–Crippen MR) is 128 cm³/mol. The number of halogens is 2. The third-order valence-corrected chi connectivity index (χ3v) is 5.88. The summed E-state index contributed by atoms with van der Waals surface area (Å²) in [5.74, 6) is 0.0556. The monoisotopic (exact) mass is 473 g/mol. The summed E-state index contributed by atoms with van der Waals surface area (Å²) in [6.45, 7) is 7.04. The number of rotatable bonds is 9. The van der Waals surface area contributed by atoms with E-state index in [0.717, 1.165) is 42.8 Å². The van der Waals surface area contributed by atoms with E-state index >= 15 is 0 Å². The first-order valence-corrected chi connectivity index (χ1v) is 11.7. The second-order valence-corrected chi connectivity index (χ2v) is 8.45. The number of ether oxygens (including phenoxy) is 2. The zero-order valence-corrected chi connectivity index (χ0v) is 19.7. The van der Waals surface area contributed by atoms with Crippen molar-refractivity contribution in [1.82, 2.24) is 9.88 Å². The van der Waals surface area contributed by atoms with Gasteiger partial charge in [0.15, 0.2) is 11.5 Å². The minimum atomic E-state index is -0.436. The molecule has 1 N–H and O–H groups in total. The lowest BCUT2D eigenvalue weighted by Crippen LogP contribution is -2.38. The fourth-order valence-corrected chi connectivity index (χ4v) is 4.13. The van der Waals surface area contributed by atoms with E-state index in [-0.39, 0.29) is 17.5 Å². The molecule has 6 nitrogen and oxygen atoms in total. The SMILES string of the molecule is CCOc1cc(CN2CCC(Nc3nc(-c4ccc(Cl)cc4)co3)CC2)cc(OCC)c1F. The van der Waals surface area contributed by atoms with E-state index in [2.05, 4.69) is 15.2 Å². The number of piperidine rings is 1. The molecule has 176 valence electrons. The van der Waals surface area contributed by atoms with Gasteiger partial charge in [-0.2, -0.15) is 9.37 Å². The maximum Gasteiger partial charge on any atom is 0.295 e. The molecule has 8 heteroatoms. The molecule has 3 aromatic rings. The van der Waals surface area contributed by atoms with Crippen molar-refractivity contribution in [3.63, 3.8) is 0 Å². The highest BCUT2D eigenvalue weighted by molar-refractivity contribution is 6.30. The van der Waals surface area contributed by atoms with Crippen LogP contribution in [0.3, 0.4) is 0 Å². The van der Waals surface area contributed by atoms with Crippen molar-refractivity contribution in [2.45, 2.75) is 39.3 Å². The molecular weight excluding hydrogens is 445 g/mol. The number of hydrogen-bond donors (Lipinski definition) is 1. The lowest BCUT2D eigenvalue weighted by molar-refractivity contribution is 0.209. The summed E-state index contributed by atoms with van der Waals surface area (Å²) in [6, 6.07) is 11.9. The number of nitrogens with zero attached hydrogens (tertiary/aromatic N) is 2. The molecule has 0 unspecified atom stereocenters. The van der Waals surface area contributed by atoms with Crippen LogP contribution in [-0.4, -0.2) is 42.2 Å². The van der Waals surface area contributed by atoms with Crippen molar-refractivity contribution in [2.75, 3.05) is 31.6 Å². The molecule has 4 rings (SSSR count). The quantitative estimate of drug-likeness (QED) is 0.411. The van der Waals surface area contributed by atoms with Crippen LogP contribution in [0.5, 0.6) is 11.5 Å². The Balaban J connectivity index is 1.33. The number of oxazole rings is 1. The molecule has 1 aromatic heterocycles. The molecule has 0 bridgehead atoms. The summed E-state index contributed by atoms with van der Waals surface area (Å²) in [5.41, 5.74) is 2.72. The van der Waals surface area contributed by atoms with Crippen LogP contribution < -0.4 is 14.8 Å². The van der Waals surface area contributed by atoms with E-state index in [4.69, 9.17) is 25.5 Å². The van der Waals surface area contributed by atoms with E-state index in [0.29, 0.717) is 30.8 Å². The third kappa shape index (κ3) is 5.97. The van der Waals surface area contributed by atoms with Gasteiger partial charge in [0, 0.05) is 36.3 Å². The first-order valence-electron chi connectivity index (χ1n) is 11.3. The van der Waals surface area contributed by atoms with E-state index in [1.807, 2.05) is 38.1 Å². The van der Waals surface area contributed by atoms with Crippen LogP contribution in [0.4, 0.5) is 10.4 Å². The van der Waals surface area contributed by atoms with Gasteiger partial charge in [-0.3, -0.25) is 4.90 Å². The molecule has 0 spiro atoms. The van der Waals surface area contributed by atoms with Crippen LogP contribution in [0.25, 0.3) is 11.3 Å². The second-order valence-electron chi connectivity index (χ2n) is 8.01. The summed E-state index contributed by atoms with van der Waals surface area (Å²) in [6.07, 6.45) is 3.56. The van der Waals surface area contributed by atoms with Gasteiger partial charge in [-0.15, -0.1) is 0 Å². The van der Waals surface area contributed by atoms with Crippen LogP contribution in [0, 0.1) is 5.82 Å². The van der Waals surface area contributed by atoms with E-state index in [1.54, 1.807) is 18.4 Å². The van der Waals surface area contributed by atoms with Gasteiger partial charge < -0.3 is 19.2 Å². The van der Waals surface area contributed by atoms with Crippen LogP contribution in [-0.2, 0) is 6.54 Å². The first kappa shape index (κ1) is 23.4. The van der Waals surface area contributed by atoms with Crippen molar-refractivity contribution in [2.24, 2.45) is 0 Å². The van der Waals surface area contributed by atoms with Crippen molar-refractivity contribution in [3.8, 4) is 22.8 Å². The molecule has 1 aliphatic rings. The molecule has 0 atom stereocenters. The maximum absolute atomic E-state index is 14.5. The molecule has 0 saturated carbocycles. The fourth-order valence-electron chi connectivity index (χ4n) is 4.00. The lowest BCUT2D eigenvalue weighted by atomic mass is 10.0. The largest absolute Gasteiger partial charge is 0.491 e. The number of nitrogens with one attached hydrogen (secondary N) is 1. The Hall–Kier alpha value is -2.77. The molecular formula is C25H29ClFN3O3. The smallest absolute Gasteiger partial charge is 0.295 e. The Kier molecular flexibility index (Phi) is 7.73. The number of likely N-dealkylation sites (tertiary alicyclic amines) is 1. The van der Waals surface area contributed by atoms with E-state index in [9.17, 15) is 4.39 Å². The normalized spacial score (nSPS) is 14.9. The maximum atomic E-state index is 14.5. The van der Waals surface area contributed by atoms with Crippen LogP contribution in [0.2, 0.25) is 5.02 Å². The summed E-state index contributed by atoms with van der Waals surface area (Å²) >= 11 is 5.96. The van der Waals surface area contributed by atoms with Gasteiger partial charge in [0.2, 0.25) is 5.82 Å². The van der Waals surface area contributed by atoms with Gasteiger partial charge in [-0.25, -0.2) is 0 Å². The van der Waals surface area contributed by atoms with Crippen molar-refractivity contribution >= 4 is 17.6 Å². The Morgan fingerprint density at radius 2 is 1.73 bits per heavy atom. The highest BCUT2D eigenvalue weighted by Crippen LogP contribution is 2.30. The molecule has 0 radical (unpaired) electrons. The van der Waals surface area contributed by atoms with E-state index < -0.39 is 5.82 Å². The number of benzene rings is 2. The minimum Gasteiger partial charge on any atom is -0.491 e. The van der Waals surface area contributed by atoms with Gasteiger partial charge in [0.1, 0.15) is 12.0 Å². The molecule has 2 aromatic carbocycles. The predicted octanol–water partition coefficient (Wildman–Crippen LogP) is 6.01. The summed E-state index contributed by atoms with van der Waals surface area (Å²) < 4.78 is 31.1. The summed E-state index contributed by atoms with van der Waals surface area (Å²) in [5, 5.41) is 4.10.